The molecule has 1 amide bonds. The van der Waals surface area contributed by atoms with Crippen LogP contribution in [0.4, 0.5) is 0 Å². The van der Waals surface area contributed by atoms with Gasteiger partial charge < -0.3 is 15.0 Å². The summed E-state index contributed by atoms with van der Waals surface area (Å²) in [5.41, 5.74) is 0. The summed E-state index contributed by atoms with van der Waals surface area (Å²) in [6.45, 7) is 2.96. The fraction of sp³-hybridized carbons (Fsp3) is 0.533. The molecule has 1 aliphatic rings. The van der Waals surface area contributed by atoms with Crippen molar-refractivity contribution in [2.75, 3.05) is 33.3 Å². The van der Waals surface area contributed by atoms with Gasteiger partial charge in [-0.1, -0.05) is 15.9 Å². The first-order chi connectivity index (χ1) is 9.66. The molecular weight excluding hydrogens is 356 g/mol. The number of likely N-dealkylation sites (N-methyl/N-ethyl adjacent to an activating group) is 1. The highest BCUT2D eigenvalue weighted by molar-refractivity contribution is 9.10. The third-order valence-electron chi connectivity index (χ3n) is 3.53. The second-order valence-electron chi connectivity index (χ2n) is 5.11. The molecule has 0 aliphatic carbocycles. The van der Waals surface area contributed by atoms with Crippen LogP contribution in [-0.4, -0.2) is 44.1 Å². The first-order valence-corrected chi connectivity index (χ1v) is 7.80. The fourth-order valence-corrected chi connectivity index (χ4v) is 2.58. The van der Waals surface area contributed by atoms with Crippen LogP contribution < -0.4 is 10.1 Å². The molecule has 2 rings (SSSR count). The van der Waals surface area contributed by atoms with Crippen molar-refractivity contribution in [2.24, 2.45) is 5.92 Å². The predicted octanol–water partition coefficient (Wildman–Crippen LogP) is 2.71. The summed E-state index contributed by atoms with van der Waals surface area (Å²) in [5.74, 6) is 1.17. The zero-order valence-corrected chi connectivity index (χ0v) is 14.6. The molecule has 0 saturated carbocycles. The lowest BCUT2D eigenvalue weighted by atomic mass is 9.98. The quantitative estimate of drug-likeness (QED) is 0.858. The minimum absolute atomic E-state index is 0. The van der Waals surface area contributed by atoms with Gasteiger partial charge in [0.25, 0.3) is 0 Å². The van der Waals surface area contributed by atoms with Gasteiger partial charge in [-0.15, -0.1) is 12.4 Å². The molecule has 1 aromatic rings. The Labute approximate surface area is 140 Å². The van der Waals surface area contributed by atoms with Crippen molar-refractivity contribution in [2.45, 2.75) is 12.8 Å². The molecule has 21 heavy (non-hydrogen) atoms. The number of amides is 1. The average Bonchev–Trinajstić information content (AvgIpc) is 2.49. The highest BCUT2D eigenvalue weighted by Gasteiger charge is 2.23. The van der Waals surface area contributed by atoms with Crippen molar-refractivity contribution in [3.8, 4) is 5.75 Å². The number of nitrogens with one attached hydrogen (secondary N) is 1. The Balaban J connectivity index is 0.00000220. The van der Waals surface area contributed by atoms with Gasteiger partial charge in [0, 0.05) is 18.1 Å². The molecule has 0 radical (unpaired) electrons. The topological polar surface area (TPSA) is 41.6 Å². The normalized spacial score (nSPS) is 17.7. The third kappa shape index (κ3) is 5.85. The van der Waals surface area contributed by atoms with Gasteiger partial charge in [0.1, 0.15) is 12.4 Å². The van der Waals surface area contributed by atoms with E-state index in [4.69, 9.17) is 4.74 Å². The Kier molecular flexibility index (Phi) is 8.07. The standard InChI is InChI=1S/C15H21BrN2O2.ClH/c1-18(15(19)12-3-2-8-17-11-12)9-10-20-14-6-4-13(16)5-7-14;/h4-7,12,17H,2-3,8-11H2,1H3;1H/t12-;/m1./s1. The smallest absolute Gasteiger partial charge is 0.226 e. The molecule has 1 atom stereocenters. The van der Waals surface area contributed by atoms with Gasteiger partial charge in [-0.2, -0.15) is 0 Å². The molecule has 118 valence electrons. The summed E-state index contributed by atoms with van der Waals surface area (Å²) >= 11 is 3.39. The van der Waals surface area contributed by atoms with E-state index in [0.29, 0.717) is 13.2 Å². The highest BCUT2D eigenvalue weighted by Crippen LogP contribution is 2.16. The maximum Gasteiger partial charge on any atom is 0.226 e. The lowest BCUT2D eigenvalue weighted by Gasteiger charge is -2.27. The summed E-state index contributed by atoms with van der Waals surface area (Å²) in [7, 11) is 1.85. The number of benzene rings is 1. The van der Waals surface area contributed by atoms with E-state index in [2.05, 4.69) is 21.2 Å². The molecule has 1 aromatic carbocycles. The van der Waals surface area contributed by atoms with E-state index in [0.717, 1.165) is 36.2 Å². The number of nitrogens with zero attached hydrogens (tertiary/aromatic N) is 1. The van der Waals surface area contributed by atoms with Gasteiger partial charge in [-0.05, 0) is 43.7 Å². The molecule has 1 fully saturated rings. The van der Waals surface area contributed by atoms with E-state index in [1.54, 1.807) is 4.90 Å². The van der Waals surface area contributed by atoms with Crippen molar-refractivity contribution in [3.63, 3.8) is 0 Å². The molecule has 1 heterocycles. The monoisotopic (exact) mass is 376 g/mol. The van der Waals surface area contributed by atoms with Gasteiger partial charge in [-0.3, -0.25) is 4.79 Å². The second kappa shape index (κ2) is 9.28. The highest BCUT2D eigenvalue weighted by atomic mass is 79.9. The van der Waals surface area contributed by atoms with Gasteiger partial charge in [0.2, 0.25) is 5.91 Å². The van der Waals surface area contributed by atoms with Crippen molar-refractivity contribution in [1.29, 1.82) is 0 Å². The minimum Gasteiger partial charge on any atom is -0.492 e. The van der Waals surface area contributed by atoms with Crippen LogP contribution in [0.1, 0.15) is 12.8 Å². The number of piperidine rings is 1. The van der Waals surface area contributed by atoms with Crippen LogP contribution in [-0.2, 0) is 4.79 Å². The Bertz CT molecular complexity index is 436. The van der Waals surface area contributed by atoms with E-state index in [1.807, 2.05) is 31.3 Å². The summed E-state index contributed by atoms with van der Waals surface area (Å²) in [5, 5.41) is 3.27. The minimum atomic E-state index is 0. The van der Waals surface area contributed by atoms with Gasteiger partial charge >= 0.3 is 0 Å². The number of carbonyl (C=O) groups is 1. The Morgan fingerprint density at radius 3 is 2.76 bits per heavy atom. The molecule has 1 N–H and O–H groups in total. The van der Waals surface area contributed by atoms with Gasteiger partial charge in [-0.25, -0.2) is 0 Å². The molecule has 4 nitrogen and oxygen atoms in total. The maximum atomic E-state index is 12.2. The number of carbonyl (C=O) groups excluding carboxylic acids is 1. The first-order valence-electron chi connectivity index (χ1n) is 7.01. The van der Waals surface area contributed by atoms with Crippen molar-refractivity contribution in [3.05, 3.63) is 28.7 Å². The fourth-order valence-electron chi connectivity index (χ4n) is 2.32. The number of halogens is 2. The Morgan fingerprint density at radius 1 is 1.43 bits per heavy atom. The number of rotatable bonds is 5. The summed E-state index contributed by atoms with van der Waals surface area (Å²) in [6, 6.07) is 7.71. The first kappa shape index (κ1) is 18.3. The molecule has 0 bridgehead atoms. The summed E-state index contributed by atoms with van der Waals surface area (Å²) in [4.78, 5) is 14.0. The molecule has 1 saturated heterocycles. The van der Waals surface area contributed by atoms with Crippen LogP contribution >= 0.6 is 28.3 Å². The number of ether oxygens (including phenoxy) is 1. The number of hydrogen-bond acceptors (Lipinski definition) is 3. The van der Waals surface area contributed by atoms with Crippen LogP contribution in [0.2, 0.25) is 0 Å². The second-order valence-corrected chi connectivity index (χ2v) is 6.02. The summed E-state index contributed by atoms with van der Waals surface area (Å²) < 4.78 is 6.67. The van der Waals surface area contributed by atoms with Crippen LogP contribution in [0.15, 0.2) is 28.7 Å². The van der Waals surface area contributed by atoms with E-state index in [-0.39, 0.29) is 24.2 Å². The SMILES string of the molecule is CN(CCOc1ccc(Br)cc1)C(=O)[C@@H]1CCCNC1.Cl. The van der Waals surface area contributed by atoms with Crippen LogP contribution in [0.25, 0.3) is 0 Å². The Hall–Kier alpha value is -0.780. The van der Waals surface area contributed by atoms with Crippen LogP contribution in [0.3, 0.4) is 0 Å². The van der Waals surface area contributed by atoms with E-state index >= 15 is 0 Å². The molecule has 1 aliphatic heterocycles. The average molecular weight is 378 g/mol. The van der Waals surface area contributed by atoms with Crippen LogP contribution in [0.5, 0.6) is 5.75 Å². The Morgan fingerprint density at radius 2 is 2.14 bits per heavy atom. The lowest BCUT2D eigenvalue weighted by Crippen LogP contribution is -2.42. The summed E-state index contributed by atoms with van der Waals surface area (Å²) in [6.07, 6.45) is 2.07. The zero-order chi connectivity index (χ0) is 14.4. The van der Waals surface area contributed by atoms with E-state index < -0.39 is 0 Å². The number of hydrogen-bond donors (Lipinski definition) is 1. The molecular formula is C15H22BrClN2O2. The van der Waals surface area contributed by atoms with E-state index in [9.17, 15) is 4.79 Å². The van der Waals surface area contributed by atoms with Crippen LogP contribution in [0, 0.1) is 5.92 Å². The molecule has 0 unspecified atom stereocenters. The van der Waals surface area contributed by atoms with E-state index in [1.165, 1.54) is 0 Å². The maximum absolute atomic E-state index is 12.2. The van der Waals surface area contributed by atoms with Crippen molar-refractivity contribution >= 4 is 34.2 Å². The van der Waals surface area contributed by atoms with Gasteiger partial charge in [0.05, 0.1) is 12.5 Å². The molecule has 6 heteroatoms. The largest absolute Gasteiger partial charge is 0.492 e. The predicted molar refractivity (Wildman–Crippen MR) is 90.1 cm³/mol. The zero-order valence-electron chi connectivity index (χ0n) is 12.2. The van der Waals surface area contributed by atoms with Gasteiger partial charge in [0.15, 0.2) is 0 Å². The molecule has 0 aromatic heterocycles. The lowest BCUT2D eigenvalue weighted by molar-refractivity contribution is -0.135. The van der Waals surface area contributed by atoms with Crippen molar-refractivity contribution < 1.29 is 9.53 Å². The third-order valence-corrected chi connectivity index (χ3v) is 4.06. The molecule has 0 spiro atoms. The van der Waals surface area contributed by atoms with Crippen molar-refractivity contribution in [1.82, 2.24) is 10.2 Å².